The Balaban J connectivity index is 1.47. The number of carbonyl (C=O) groups is 2. The van der Waals surface area contributed by atoms with E-state index >= 15 is 0 Å². The van der Waals surface area contributed by atoms with Gasteiger partial charge in [0.15, 0.2) is 6.29 Å². The molecule has 2 amide bonds. The predicted octanol–water partition coefficient (Wildman–Crippen LogP) is 2.03. The lowest BCUT2D eigenvalue weighted by Gasteiger charge is -2.22. The molecule has 1 fully saturated rings. The van der Waals surface area contributed by atoms with E-state index in [1.807, 2.05) is 6.07 Å². The number of pyridine rings is 1. The van der Waals surface area contributed by atoms with Crippen LogP contribution >= 0.6 is 0 Å². The van der Waals surface area contributed by atoms with Gasteiger partial charge in [0.05, 0.1) is 17.5 Å². The van der Waals surface area contributed by atoms with Crippen LogP contribution in [0.25, 0.3) is 0 Å². The van der Waals surface area contributed by atoms with E-state index in [2.05, 4.69) is 21.0 Å². The van der Waals surface area contributed by atoms with Gasteiger partial charge in [-0.1, -0.05) is 18.2 Å². The number of rotatable bonds is 6. The molecule has 2 N–H and O–H groups in total. The summed E-state index contributed by atoms with van der Waals surface area (Å²) in [5.41, 5.74) is 6.14. The lowest BCUT2D eigenvalue weighted by Crippen LogP contribution is -2.33. The third-order valence-electron chi connectivity index (χ3n) is 3.87. The van der Waals surface area contributed by atoms with Gasteiger partial charge in [-0.15, -0.1) is 0 Å². The van der Waals surface area contributed by atoms with Crippen molar-refractivity contribution in [1.29, 1.82) is 0 Å². The van der Waals surface area contributed by atoms with Crippen LogP contribution in [0.1, 0.15) is 45.7 Å². The molecule has 1 atom stereocenters. The lowest BCUT2D eigenvalue weighted by molar-refractivity contribution is -0.186. The summed E-state index contributed by atoms with van der Waals surface area (Å²) in [5.74, 6) is -0.720. The Morgan fingerprint density at radius 3 is 2.67 bits per heavy atom. The molecule has 0 aliphatic carbocycles. The smallest absolute Gasteiger partial charge is 0.276 e. The minimum Gasteiger partial charge on any atom is -0.350 e. The van der Waals surface area contributed by atoms with Crippen LogP contribution in [0.4, 0.5) is 0 Å². The average molecular weight is 368 g/mol. The summed E-state index contributed by atoms with van der Waals surface area (Å²) in [7, 11) is 0. The van der Waals surface area contributed by atoms with Gasteiger partial charge in [0.1, 0.15) is 0 Å². The summed E-state index contributed by atoms with van der Waals surface area (Å²) in [5, 5.41) is 3.86. The fraction of sp³-hybridized carbons (Fsp3) is 0.263. The van der Waals surface area contributed by atoms with E-state index in [0.717, 1.165) is 19.3 Å². The molecule has 1 unspecified atom stereocenters. The Morgan fingerprint density at radius 1 is 1.11 bits per heavy atom. The first-order valence-electron chi connectivity index (χ1n) is 8.64. The first-order valence-corrected chi connectivity index (χ1v) is 8.64. The minimum absolute atomic E-state index is 0.315. The number of hydroxylamine groups is 1. The maximum absolute atomic E-state index is 12.0. The van der Waals surface area contributed by atoms with Gasteiger partial charge >= 0.3 is 0 Å². The zero-order valence-electron chi connectivity index (χ0n) is 14.6. The second kappa shape index (κ2) is 9.56. The number of ether oxygens (including phenoxy) is 1. The van der Waals surface area contributed by atoms with Crippen LogP contribution in [0, 0.1) is 0 Å². The Bertz CT molecular complexity index is 787. The van der Waals surface area contributed by atoms with Gasteiger partial charge in [-0.3, -0.25) is 14.6 Å². The fourth-order valence-corrected chi connectivity index (χ4v) is 2.41. The molecule has 1 aliphatic rings. The standard InChI is InChI=1S/C19H20N4O4/c24-18(14-6-2-1-3-7-14)22-21-13-16-10-9-15(12-20-16)19(25)23-27-17-8-4-5-11-26-17/h1-3,6-7,9-10,12-13,17H,4-5,8,11H2,(H,22,24)(H,23,25)/b21-13+. The highest BCUT2D eigenvalue weighted by Gasteiger charge is 2.16. The van der Waals surface area contributed by atoms with Crippen molar-refractivity contribution in [2.75, 3.05) is 6.61 Å². The number of benzene rings is 1. The summed E-state index contributed by atoms with van der Waals surface area (Å²) in [6.07, 6.45) is 5.16. The Morgan fingerprint density at radius 2 is 1.96 bits per heavy atom. The largest absolute Gasteiger partial charge is 0.350 e. The van der Waals surface area contributed by atoms with Gasteiger partial charge in [0.25, 0.3) is 11.8 Å². The van der Waals surface area contributed by atoms with Crippen LogP contribution in [-0.4, -0.2) is 35.9 Å². The summed E-state index contributed by atoms with van der Waals surface area (Å²) < 4.78 is 5.37. The van der Waals surface area contributed by atoms with Crippen molar-refractivity contribution >= 4 is 18.0 Å². The van der Waals surface area contributed by atoms with Crippen LogP contribution in [0.5, 0.6) is 0 Å². The summed E-state index contributed by atoms with van der Waals surface area (Å²) in [4.78, 5) is 33.3. The normalized spacial score (nSPS) is 16.8. The molecule has 3 rings (SSSR count). The molecule has 1 saturated heterocycles. The molecule has 2 heterocycles. The lowest BCUT2D eigenvalue weighted by atomic mass is 10.2. The van der Waals surface area contributed by atoms with Crippen LogP contribution in [-0.2, 0) is 9.57 Å². The predicted molar refractivity (Wildman–Crippen MR) is 97.9 cm³/mol. The van der Waals surface area contributed by atoms with Crippen LogP contribution in [0.2, 0.25) is 0 Å². The molecular formula is C19H20N4O4. The molecule has 0 radical (unpaired) electrons. The number of amides is 2. The number of aromatic nitrogens is 1. The molecule has 0 saturated carbocycles. The first-order chi connectivity index (χ1) is 13.2. The molecule has 8 heteroatoms. The third-order valence-corrected chi connectivity index (χ3v) is 3.87. The monoisotopic (exact) mass is 368 g/mol. The first kappa shape index (κ1) is 18.7. The highest BCUT2D eigenvalue weighted by molar-refractivity contribution is 5.95. The number of hydrogen-bond acceptors (Lipinski definition) is 6. The number of hydrazone groups is 1. The Kier molecular flexibility index (Phi) is 6.61. The van der Waals surface area contributed by atoms with E-state index in [9.17, 15) is 9.59 Å². The fourth-order valence-electron chi connectivity index (χ4n) is 2.41. The number of nitrogens with one attached hydrogen (secondary N) is 2. The van der Waals surface area contributed by atoms with E-state index in [1.165, 1.54) is 12.4 Å². The van der Waals surface area contributed by atoms with Gasteiger partial charge in [-0.05, 0) is 37.1 Å². The molecule has 1 aromatic carbocycles. The van der Waals surface area contributed by atoms with Crippen LogP contribution in [0.3, 0.4) is 0 Å². The van der Waals surface area contributed by atoms with E-state index in [4.69, 9.17) is 9.57 Å². The van der Waals surface area contributed by atoms with Crippen molar-refractivity contribution < 1.29 is 19.2 Å². The van der Waals surface area contributed by atoms with E-state index in [1.54, 1.807) is 36.4 Å². The Hall–Kier alpha value is -3.10. The van der Waals surface area contributed by atoms with E-state index < -0.39 is 12.2 Å². The average Bonchev–Trinajstić information content (AvgIpc) is 2.74. The SMILES string of the molecule is O=C(N/N=C/c1ccc(C(=O)NOC2CCCCO2)cn1)c1ccccc1. The van der Waals surface area contributed by atoms with E-state index in [0.29, 0.717) is 23.4 Å². The summed E-state index contributed by atoms with van der Waals surface area (Å²) in [6, 6.07) is 12.0. The zero-order chi connectivity index (χ0) is 18.9. The quantitative estimate of drug-likeness (QED) is 0.600. The third kappa shape index (κ3) is 5.70. The van der Waals surface area contributed by atoms with Crippen molar-refractivity contribution in [3.05, 3.63) is 65.5 Å². The molecule has 1 aliphatic heterocycles. The van der Waals surface area contributed by atoms with Gasteiger partial charge < -0.3 is 4.74 Å². The van der Waals surface area contributed by atoms with Gasteiger partial charge in [0.2, 0.25) is 0 Å². The number of hydrogen-bond donors (Lipinski definition) is 2. The highest BCUT2D eigenvalue weighted by atomic mass is 16.8. The van der Waals surface area contributed by atoms with E-state index in [-0.39, 0.29) is 5.91 Å². The molecule has 1 aromatic heterocycles. The van der Waals surface area contributed by atoms with Gasteiger partial charge in [-0.25, -0.2) is 15.7 Å². The van der Waals surface area contributed by atoms with Gasteiger partial charge in [0, 0.05) is 24.8 Å². The van der Waals surface area contributed by atoms with Crippen molar-refractivity contribution in [2.24, 2.45) is 5.10 Å². The zero-order valence-corrected chi connectivity index (χ0v) is 14.6. The molecule has 27 heavy (non-hydrogen) atoms. The molecule has 2 aromatic rings. The molecular weight excluding hydrogens is 348 g/mol. The topological polar surface area (TPSA) is 102 Å². The van der Waals surface area contributed by atoms with Crippen LogP contribution < -0.4 is 10.9 Å². The molecule has 0 spiro atoms. The number of nitrogens with zero attached hydrogens (tertiary/aromatic N) is 2. The molecule has 140 valence electrons. The summed E-state index contributed by atoms with van der Waals surface area (Å²) >= 11 is 0. The van der Waals surface area contributed by atoms with Crippen molar-refractivity contribution in [2.45, 2.75) is 25.6 Å². The summed E-state index contributed by atoms with van der Waals surface area (Å²) in [6.45, 7) is 0.636. The van der Waals surface area contributed by atoms with Crippen molar-refractivity contribution in [1.82, 2.24) is 15.9 Å². The Labute approximate surface area is 156 Å². The maximum Gasteiger partial charge on any atom is 0.276 e. The van der Waals surface area contributed by atoms with Gasteiger partial charge in [-0.2, -0.15) is 5.10 Å². The second-order valence-corrected chi connectivity index (χ2v) is 5.88. The highest BCUT2D eigenvalue weighted by Crippen LogP contribution is 2.12. The van der Waals surface area contributed by atoms with Crippen molar-refractivity contribution in [3.63, 3.8) is 0 Å². The minimum atomic E-state index is -0.407. The van der Waals surface area contributed by atoms with Crippen molar-refractivity contribution in [3.8, 4) is 0 Å². The maximum atomic E-state index is 12.0. The number of carbonyl (C=O) groups excluding carboxylic acids is 2. The second-order valence-electron chi connectivity index (χ2n) is 5.88. The molecule has 0 bridgehead atoms. The molecule has 8 nitrogen and oxygen atoms in total. The van der Waals surface area contributed by atoms with Crippen LogP contribution in [0.15, 0.2) is 53.8 Å².